The molecule has 0 amide bonds. The van der Waals surface area contributed by atoms with Crippen LogP contribution in [0.4, 0.5) is 5.69 Å². The van der Waals surface area contributed by atoms with Gasteiger partial charge >= 0.3 is 0 Å². The largest absolute Gasteiger partial charge is 0.383 e. The molecule has 0 spiro atoms. The Morgan fingerprint density at radius 3 is 2.50 bits per heavy atom. The summed E-state index contributed by atoms with van der Waals surface area (Å²) in [7, 11) is -3.68. The topological polar surface area (TPSA) is 72.2 Å². The van der Waals surface area contributed by atoms with Crippen LogP contribution in [0.2, 0.25) is 0 Å². The highest BCUT2D eigenvalue weighted by Gasteiger charge is 2.31. The number of hydrogen-bond donors (Lipinski definition) is 2. The number of sulfonamides is 1. The lowest BCUT2D eigenvalue weighted by atomic mass is 9.88. The van der Waals surface area contributed by atoms with Crippen LogP contribution in [-0.4, -0.2) is 26.0 Å². The van der Waals surface area contributed by atoms with Gasteiger partial charge in [-0.15, -0.1) is 0 Å². The van der Waals surface area contributed by atoms with Crippen molar-refractivity contribution >= 4 is 27.5 Å². The van der Waals surface area contributed by atoms with Crippen molar-refractivity contribution in [1.29, 1.82) is 0 Å². The number of primary sulfonamides is 1. The zero-order chi connectivity index (χ0) is 14.6. The summed E-state index contributed by atoms with van der Waals surface area (Å²) in [5.74, 6) is 0. The van der Waals surface area contributed by atoms with Crippen molar-refractivity contribution in [1.82, 2.24) is 0 Å². The van der Waals surface area contributed by atoms with Crippen molar-refractivity contribution in [2.24, 2.45) is 5.14 Å². The van der Waals surface area contributed by atoms with E-state index in [2.05, 4.69) is 11.6 Å². The quantitative estimate of drug-likeness (QED) is 0.876. The molecular weight excluding hydrogens is 292 g/mol. The van der Waals surface area contributed by atoms with Gasteiger partial charge < -0.3 is 5.32 Å². The molecule has 112 valence electrons. The molecule has 0 atom stereocenters. The lowest BCUT2D eigenvalue weighted by molar-refractivity contribution is 0.411. The van der Waals surface area contributed by atoms with Crippen LogP contribution in [0.25, 0.3) is 0 Å². The highest BCUT2D eigenvalue weighted by atomic mass is 32.2. The van der Waals surface area contributed by atoms with Crippen molar-refractivity contribution in [2.75, 3.05) is 18.1 Å². The third-order valence-corrected chi connectivity index (χ3v) is 6.38. The molecule has 1 aliphatic carbocycles. The van der Waals surface area contributed by atoms with Gasteiger partial charge in [0.15, 0.2) is 0 Å². The van der Waals surface area contributed by atoms with Crippen LogP contribution < -0.4 is 10.5 Å². The Hall–Kier alpha value is -0.720. The minimum Gasteiger partial charge on any atom is -0.383 e. The molecule has 0 saturated heterocycles. The number of nitrogens with two attached hydrogens (primary N) is 1. The SMILES string of the molecule is CSC1(CNc2ccccc2S(N)(=O)=O)CCCCC1. The maximum Gasteiger partial charge on any atom is 0.240 e. The number of anilines is 1. The second-order valence-electron chi connectivity index (χ2n) is 5.34. The first-order chi connectivity index (χ1) is 9.47. The molecule has 2 rings (SSSR count). The lowest BCUT2D eigenvalue weighted by Crippen LogP contribution is -2.35. The van der Waals surface area contributed by atoms with Gasteiger partial charge in [0.25, 0.3) is 0 Å². The predicted octanol–water partition coefficient (Wildman–Crippen LogP) is 2.81. The van der Waals surface area contributed by atoms with E-state index in [0.717, 1.165) is 6.54 Å². The lowest BCUT2D eigenvalue weighted by Gasteiger charge is -2.36. The van der Waals surface area contributed by atoms with E-state index in [-0.39, 0.29) is 9.64 Å². The van der Waals surface area contributed by atoms with E-state index in [9.17, 15) is 8.42 Å². The number of para-hydroxylation sites is 1. The fraction of sp³-hybridized carbons (Fsp3) is 0.571. The average molecular weight is 314 g/mol. The molecule has 1 aromatic carbocycles. The molecule has 20 heavy (non-hydrogen) atoms. The normalized spacial score (nSPS) is 18.7. The molecule has 0 radical (unpaired) electrons. The number of benzene rings is 1. The van der Waals surface area contributed by atoms with E-state index in [0.29, 0.717) is 5.69 Å². The summed E-state index contributed by atoms with van der Waals surface area (Å²) < 4.78 is 23.4. The molecule has 0 bridgehead atoms. The van der Waals surface area contributed by atoms with E-state index in [1.54, 1.807) is 18.2 Å². The van der Waals surface area contributed by atoms with Gasteiger partial charge in [0.2, 0.25) is 10.0 Å². The first-order valence-corrected chi connectivity index (χ1v) is 9.65. The van der Waals surface area contributed by atoms with Crippen LogP contribution in [-0.2, 0) is 10.0 Å². The monoisotopic (exact) mass is 314 g/mol. The summed E-state index contributed by atoms with van der Waals surface area (Å²) in [5, 5.41) is 8.56. The van der Waals surface area contributed by atoms with Crippen molar-refractivity contribution in [3.8, 4) is 0 Å². The summed E-state index contributed by atoms with van der Waals surface area (Å²) in [5.41, 5.74) is 0.606. The number of nitrogens with one attached hydrogen (secondary N) is 1. The molecule has 0 aliphatic heterocycles. The van der Waals surface area contributed by atoms with E-state index in [1.165, 1.54) is 32.1 Å². The van der Waals surface area contributed by atoms with E-state index in [4.69, 9.17) is 5.14 Å². The Bertz CT molecular complexity index is 552. The first kappa shape index (κ1) is 15.7. The molecule has 1 saturated carbocycles. The third-order valence-electron chi connectivity index (χ3n) is 3.99. The Kier molecular flexibility index (Phi) is 4.99. The minimum atomic E-state index is -3.68. The number of thioether (sulfide) groups is 1. The van der Waals surface area contributed by atoms with Crippen LogP contribution in [0.15, 0.2) is 29.2 Å². The molecule has 3 N–H and O–H groups in total. The van der Waals surface area contributed by atoms with Gasteiger partial charge in [0, 0.05) is 11.3 Å². The van der Waals surface area contributed by atoms with Gasteiger partial charge in [-0.25, -0.2) is 13.6 Å². The summed E-state index contributed by atoms with van der Waals surface area (Å²) >= 11 is 1.88. The van der Waals surface area contributed by atoms with Gasteiger partial charge in [0.05, 0.1) is 5.69 Å². The Balaban J connectivity index is 2.14. The first-order valence-electron chi connectivity index (χ1n) is 6.88. The standard InChI is InChI=1S/C14H22N2O2S2/c1-19-14(9-5-2-6-10-14)11-16-12-7-3-4-8-13(12)20(15,17)18/h3-4,7-8,16H,2,5-6,9-11H2,1H3,(H2,15,17,18). The minimum absolute atomic E-state index is 0.173. The predicted molar refractivity (Wildman–Crippen MR) is 85.6 cm³/mol. The molecule has 6 heteroatoms. The molecular formula is C14H22N2O2S2. The molecule has 0 aromatic heterocycles. The van der Waals surface area contributed by atoms with Gasteiger partial charge in [-0.05, 0) is 31.2 Å². The molecule has 4 nitrogen and oxygen atoms in total. The van der Waals surface area contributed by atoms with Gasteiger partial charge in [-0.3, -0.25) is 0 Å². The van der Waals surface area contributed by atoms with Crippen LogP contribution in [0.5, 0.6) is 0 Å². The van der Waals surface area contributed by atoms with Crippen molar-refractivity contribution in [3.63, 3.8) is 0 Å². The molecule has 1 aromatic rings. The zero-order valence-corrected chi connectivity index (χ0v) is 13.4. The van der Waals surface area contributed by atoms with Crippen molar-refractivity contribution in [3.05, 3.63) is 24.3 Å². The molecule has 0 unspecified atom stereocenters. The molecule has 1 aliphatic rings. The highest BCUT2D eigenvalue weighted by molar-refractivity contribution is 8.00. The number of hydrogen-bond acceptors (Lipinski definition) is 4. The van der Waals surface area contributed by atoms with Crippen LogP contribution in [0, 0.1) is 0 Å². The summed E-state index contributed by atoms with van der Waals surface area (Å²) in [6.45, 7) is 0.778. The van der Waals surface area contributed by atoms with Gasteiger partial charge in [0.1, 0.15) is 4.90 Å². The molecule has 1 fully saturated rings. The Morgan fingerprint density at radius 2 is 1.90 bits per heavy atom. The average Bonchev–Trinajstić information content (AvgIpc) is 2.45. The Morgan fingerprint density at radius 1 is 1.25 bits per heavy atom. The fourth-order valence-corrected chi connectivity index (χ4v) is 4.39. The smallest absolute Gasteiger partial charge is 0.240 e. The van der Waals surface area contributed by atoms with Crippen LogP contribution in [0.3, 0.4) is 0 Å². The van der Waals surface area contributed by atoms with E-state index >= 15 is 0 Å². The van der Waals surface area contributed by atoms with Crippen LogP contribution >= 0.6 is 11.8 Å². The Labute approximate surface area is 125 Å². The van der Waals surface area contributed by atoms with E-state index < -0.39 is 10.0 Å². The van der Waals surface area contributed by atoms with Crippen molar-refractivity contribution < 1.29 is 8.42 Å². The summed E-state index contributed by atoms with van der Waals surface area (Å²) in [6.07, 6.45) is 8.30. The zero-order valence-electron chi connectivity index (χ0n) is 11.8. The summed E-state index contributed by atoms with van der Waals surface area (Å²) in [4.78, 5) is 0.173. The molecule has 0 heterocycles. The van der Waals surface area contributed by atoms with Gasteiger partial charge in [-0.2, -0.15) is 11.8 Å². The second kappa shape index (κ2) is 6.37. The number of rotatable bonds is 5. The highest BCUT2D eigenvalue weighted by Crippen LogP contribution is 2.38. The summed E-state index contributed by atoms with van der Waals surface area (Å²) in [6, 6.07) is 6.83. The van der Waals surface area contributed by atoms with Crippen molar-refractivity contribution in [2.45, 2.75) is 41.7 Å². The van der Waals surface area contributed by atoms with E-state index in [1.807, 2.05) is 17.8 Å². The van der Waals surface area contributed by atoms with Gasteiger partial charge in [-0.1, -0.05) is 31.4 Å². The maximum absolute atomic E-state index is 11.6. The maximum atomic E-state index is 11.6. The van der Waals surface area contributed by atoms with Crippen LogP contribution in [0.1, 0.15) is 32.1 Å². The third kappa shape index (κ3) is 3.68. The fourth-order valence-electron chi connectivity index (χ4n) is 2.77. The second-order valence-corrected chi connectivity index (χ2v) is 8.15.